The highest BCUT2D eigenvalue weighted by Gasteiger charge is 2.25. The third-order valence-corrected chi connectivity index (χ3v) is 7.12. The van der Waals surface area contributed by atoms with Crippen molar-refractivity contribution in [3.63, 3.8) is 0 Å². The Balaban J connectivity index is 1.57. The molecule has 12 heteroatoms. The molecule has 1 unspecified atom stereocenters. The van der Waals surface area contributed by atoms with Crippen molar-refractivity contribution in [1.29, 1.82) is 0 Å². The van der Waals surface area contributed by atoms with Gasteiger partial charge in [0.05, 0.1) is 28.3 Å². The van der Waals surface area contributed by atoms with E-state index in [1.54, 1.807) is 24.3 Å². The van der Waals surface area contributed by atoms with Crippen LogP contribution in [0.4, 0.5) is 13.2 Å². The molecule has 3 amide bonds. The first kappa shape index (κ1) is 30.0. The van der Waals surface area contributed by atoms with E-state index < -0.39 is 41.2 Å². The number of pyridine rings is 1. The maximum Gasteiger partial charge on any atom is 0.287 e. The van der Waals surface area contributed by atoms with Crippen molar-refractivity contribution in [1.82, 2.24) is 25.2 Å². The summed E-state index contributed by atoms with van der Waals surface area (Å²) in [5.41, 5.74) is 8.26. The van der Waals surface area contributed by atoms with E-state index in [9.17, 15) is 27.6 Å². The van der Waals surface area contributed by atoms with Crippen LogP contribution in [0.15, 0.2) is 72.9 Å². The normalized spacial score (nSPS) is 11.8. The zero-order chi connectivity index (χ0) is 31.5. The Bertz CT molecular complexity index is 1900. The van der Waals surface area contributed by atoms with Crippen molar-refractivity contribution in [3.05, 3.63) is 119 Å². The van der Waals surface area contributed by atoms with E-state index in [-0.39, 0.29) is 35.6 Å². The summed E-state index contributed by atoms with van der Waals surface area (Å²) in [4.78, 5) is 47.1. The average Bonchev–Trinajstić information content (AvgIpc) is 3.35. The molecule has 1 atom stereocenters. The van der Waals surface area contributed by atoms with Gasteiger partial charge in [-0.05, 0) is 66.4 Å². The summed E-state index contributed by atoms with van der Waals surface area (Å²) in [6.07, 6.45) is 1.39. The first-order valence-electron chi connectivity index (χ1n) is 13.5. The van der Waals surface area contributed by atoms with Gasteiger partial charge in [0.1, 0.15) is 24.0 Å². The lowest BCUT2D eigenvalue weighted by molar-refractivity contribution is -0.122. The molecular weight excluding hydrogens is 573 g/mol. The van der Waals surface area contributed by atoms with E-state index in [1.165, 1.54) is 29.9 Å². The maximum absolute atomic E-state index is 14.3. The van der Waals surface area contributed by atoms with Gasteiger partial charge in [0.2, 0.25) is 11.7 Å². The minimum absolute atomic E-state index is 0.0273. The number of nitrogens with two attached hydrogens (primary N) is 1. The topological polar surface area (TPSA) is 132 Å². The van der Waals surface area contributed by atoms with Crippen molar-refractivity contribution >= 4 is 28.8 Å². The van der Waals surface area contributed by atoms with E-state index in [2.05, 4.69) is 20.6 Å². The summed E-state index contributed by atoms with van der Waals surface area (Å²) >= 11 is 0. The summed E-state index contributed by atoms with van der Waals surface area (Å²) in [6.45, 7) is 1.52. The monoisotopic (exact) mass is 600 g/mol. The molecule has 0 aliphatic carbocycles. The number of carbonyl (C=O) groups excluding carboxylic acids is 3. The molecule has 0 bridgehead atoms. The predicted octanol–water partition coefficient (Wildman–Crippen LogP) is 4.38. The van der Waals surface area contributed by atoms with Crippen LogP contribution in [0.1, 0.15) is 43.8 Å². The van der Waals surface area contributed by atoms with Crippen LogP contribution in [-0.2, 0) is 17.8 Å². The molecule has 224 valence electrons. The number of halogens is 3. The lowest BCUT2D eigenvalue weighted by atomic mass is 9.94. The number of imidazole rings is 1. The van der Waals surface area contributed by atoms with Gasteiger partial charge in [-0.15, -0.1) is 0 Å². The second-order valence-corrected chi connectivity index (χ2v) is 10.1. The molecule has 5 rings (SSSR count). The number of aromatic nitrogens is 3. The van der Waals surface area contributed by atoms with E-state index in [0.717, 1.165) is 29.8 Å². The fourth-order valence-corrected chi connectivity index (χ4v) is 5.12. The van der Waals surface area contributed by atoms with Gasteiger partial charge in [0, 0.05) is 24.9 Å². The SMILES string of the molecule is CNC(=O)c1nc2c(C)cccc2n1CC(=O)NC(Cc1cc(F)cc(F)c1)c1ncccc1-c1ccc(F)c(C(N)=O)c1. The molecule has 0 spiro atoms. The van der Waals surface area contributed by atoms with E-state index >= 15 is 0 Å². The van der Waals surface area contributed by atoms with Crippen LogP contribution >= 0.6 is 0 Å². The zero-order valence-electron chi connectivity index (χ0n) is 23.7. The Kier molecular flexibility index (Phi) is 8.43. The first-order valence-corrected chi connectivity index (χ1v) is 13.5. The standard InChI is InChI=1S/C32H27F3N6O3/c1-17-5-3-7-26-28(17)40-31(32(44)37-2)41(26)16-27(42)39-25(13-18-11-20(33)15-21(34)12-18)29-22(6-4-10-38-29)19-8-9-24(35)23(14-19)30(36)43/h3-12,14-15,25H,13,16H2,1-2H3,(H2,36,43)(H,37,44)(H,39,42). The fourth-order valence-electron chi connectivity index (χ4n) is 5.12. The fraction of sp³-hybridized carbons (Fsp3) is 0.156. The highest BCUT2D eigenvalue weighted by molar-refractivity contribution is 5.96. The zero-order valence-corrected chi connectivity index (χ0v) is 23.7. The van der Waals surface area contributed by atoms with Crippen molar-refractivity contribution < 1.29 is 27.6 Å². The number of carbonyl (C=O) groups is 3. The van der Waals surface area contributed by atoms with Crippen molar-refractivity contribution in [3.8, 4) is 11.1 Å². The van der Waals surface area contributed by atoms with Crippen molar-refractivity contribution in [2.24, 2.45) is 5.73 Å². The third-order valence-electron chi connectivity index (χ3n) is 7.12. The van der Waals surface area contributed by atoms with E-state index in [4.69, 9.17) is 5.73 Å². The molecule has 0 radical (unpaired) electrons. The summed E-state index contributed by atoms with van der Waals surface area (Å²) in [5.74, 6) is -4.39. The van der Waals surface area contributed by atoms with E-state index in [0.29, 0.717) is 22.2 Å². The number of rotatable bonds is 9. The number of nitrogens with zero attached hydrogens (tertiary/aromatic N) is 3. The quantitative estimate of drug-likeness (QED) is 0.231. The van der Waals surface area contributed by atoms with Crippen LogP contribution in [0.25, 0.3) is 22.2 Å². The largest absolute Gasteiger partial charge is 0.366 e. The molecular formula is C32H27F3N6O3. The van der Waals surface area contributed by atoms with Crippen LogP contribution in [0.5, 0.6) is 0 Å². The molecule has 5 aromatic rings. The molecule has 0 fully saturated rings. The number of nitrogens with one attached hydrogen (secondary N) is 2. The van der Waals surface area contributed by atoms with Crippen molar-refractivity contribution in [2.45, 2.75) is 25.9 Å². The average molecular weight is 601 g/mol. The van der Waals surface area contributed by atoms with E-state index in [1.807, 2.05) is 13.0 Å². The molecule has 0 saturated carbocycles. The van der Waals surface area contributed by atoms with Gasteiger partial charge < -0.3 is 20.9 Å². The smallest absolute Gasteiger partial charge is 0.287 e. The maximum atomic E-state index is 14.3. The van der Waals surface area contributed by atoms with Crippen LogP contribution in [0.3, 0.4) is 0 Å². The molecule has 0 saturated heterocycles. The molecule has 2 aromatic heterocycles. The minimum atomic E-state index is -0.968. The lowest BCUT2D eigenvalue weighted by Gasteiger charge is -2.22. The van der Waals surface area contributed by atoms with Gasteiger partial charge in [-0.2, -0.15) is 0 Å². The highest BCUT2D eigenvalue weighted by Crippen LogP contribution is 2.30. The number of benzene rings is 3. The number of para-hydroxylation sites is 1. The van der Waals surface area contributed by atoms with Gasteiger partial charge in [0.25, 0.3) is 11.8 Å². The van der Waals surface area contributed by atoms with Crippen LogP contribution in [-0.4, -0.2) is 39.3 Å². The van der Waals surface area contributed by atoms with Gasteiger partial charge >= 0.3 is 0 Å². The van der Waals surface area contributed by atoms with Gasteiger partial charge in [-0.3, -0.25) is 19.4 Å². The van der Waals surface area contributed by atoms with Gasteiger partial charge in [0.15, 0.2) is 0 Å². The number of hydrogen-bond acceptors (Lipinski definition) is 5. The first-order chi connectivity index (χ1) is 21.0. The number of aryl methyl sites for hydroxylation is 1. The molecule has 3 aromatic carbocycles. The summed E-state index contributed by atoms with van der Waals surface area (Å²) in [6, 6.07) is 14.5. The molecule has 9 nitrogen and oxygen atoms in total. The Morgan fingerprint density at radius 3 is 2.43 bits per heavy atom. The van der Waals surface area contributed by atoms with Gasteiger partial charge in [-0.1, -0.05) is 24.3 Å². The summed E-state index contributed by atoms with van der Waals surface area (Å²) in [5, 5.41) is 5.42. The van der Waals surface area contributed by atoms with Crippen LogP contribution < -0.4 is 16.4 Å². The van der Waals surface area contributed by atoms with Crippen LogP contribution in [0.2, 0.25) is 0 Å². The Morgan fingerprint density at radius 1 is 0.977 bits per heavy atom. The molecule has 44 heavy (non-hydrogen) atoms. The molecule has 4 N–H and O–H groups in total. The van der Waals surface area contributed by atoms with Crippen molar-refractivity contribution in [2.75, 3.05) is 7.05 Å². The number of hydrogen-bond donors (Lipinski definition) is 3. The Hall–Kier alpha value is -5.52. The van der Waals surface area contributed by atoms with Gasteiger partial charge in [-0.25, -0.2) is 18.2 Å². The number of primary amides is 1. The Morgan fingerprint density at radius 2 is 1.73 bits per heavy atom. The minimum Gasteiger partial charge on any atom is -0.366 e. The lowest BCUT2D eigenvalue weighted by Crippen LogP contribution is -2.35. The summed E-state index contributed by atoms with van der Waals surface area (Å²) in [7, 11) is 1.45. The third kappa shape index (κ3) is 6.14. The molecule has 0 aliphatic heterocycles. The Labute approximate surface area is 249 Å². The molecule has 0 aliphatic rings. The predicted molar refractivity (Wildman–Crippen MR) is 157 cm³/mol. The number of fused-ring (bicyclic) bond motifs is 1. The highest BCUT2D eigenvalue weighted by atomic mass is 19.1. The van der Waals surface area contributed by atoms with Crippen LogP contribution in [0, 0.1) is 24.4 Å². The second kappa shape index (κ2) is 12.4. The number of amides is 3. The summed E-state index contributed by atoms with van der Waals surface area (Å²) < 4.78 is 44.1. The second-order valence-electron chi connectivity index (χ2n) is 10.1. The molecule has 2 heterocycles.